The van der Waals surface area contributed by atoms with Gasteiger partial charge in [0.2, 0.25) is 0 Å². The highest BCUT2D eigenvalue weighted by Gasteiger charge is 2.27. The van der Waals surface area contributed by atoms with Gasteiger partial charge in [-0.15, -0.1) is 5.10 Å². The van der Waals surface area contributed by atoms with Crippen molar-refractivity contribution in [1.82, 2.24) is 9.59 Å². The summed E-state index contributed by atoms with van der Waals surface area (Å²) < 4.78 is 4.12. The number of hydrogen-bond donors (Lipinski definition) is 1. The van der Waals surface area contributed by atoms with Crippen molar-refractivity contribution in [2.75, 3.05) is 0 Å². The van der Waals surface area contributed by atoms with E-state index < -0.39 is 0 Å². The van der Waals surface area contributed by atoms with Crippen LogP contribution in [0.2, 0.25) is 0 Å². The Bertz CT molecular complexity index is 623. The first-order valence-electron chi connectivity index (χ1n) is 6.88. The molecular formula is C16H23N3S. The van der Waals surface area contributed by atoms with Gasteiger partial charge in [0.15, 0.2) is 0 Å². The van der Waals surface area contributed by atoms with Gasteiger partial charge in [0.25, 0.3) is 0 Å². The summed E-state index contributed by atoms with van der Waals surface area (Å²) in [6, 6.07) is 4.25. The van der Waals surface area contributed by atoms with Crippen LogP contribution >= 0.6 is 11.5 Å². The molecule has 0 fully saturated rings. The van der Waals surface area contributed by atoms with Crippen LogP contribution in [0.5, 0.6) is 0 Å². The van der Waals surface area contributed by atoms with E-state index in [1.54, 1.807) is 0 Å². The molecule has 0 saturated heterocycles. The molecule has 4 heteroatoms. The first kappa shape index (κ1) is 15.1. The fourth-order valence-corrected chi connectivity index (χ4v) is 3.27. The highest BCUT2D eigenvalue weighted by Crippen LogP contribution is 2.34. The van der Waals surface area contributed by atoms with Gasteiger partial charge >= 0.3 is 0 Å². The Morgan fingerprint density at radius 3 is 2.25 bits per heavy atom. The topological polar surface area (TPSA) is 51.8 Å². The van der Waals surface area contributed by atoms with Crippen LogP contribution < -0.4 is 5.73 Å². The number of aromatic nitrogens is 2. The van der Waals surface area contributed by atoms with Gasteiger partial charge in [-0.3, -0.25) is 0 Å². The summed E-state index contributed by atoms with van der Waals surface area (Å²) in [5.74, 6) is 0. The van der Waals surface area contributed by atoms with Crippen molar-refractivity contribution < 1.29 is 0 Å². The molecule has 1 aromatic carbocycles. The van der Waals surface area contributed by atoms with E-state index >= 15 is 0 Å². The molecule has 2 rings (SSSR count). The lowest BCUT2D eigenvalue weighted by Gasteiger charge is -2.21. The Hall–Kier alpha value is -1.26. The van der Waals surface area contributed by atoms with E-state index in [4.69, 9.17) is 5.73 Å². The lowest BCUT2D eigenvalue weighted by molar-refractivity contribution is 0.556. The predicted octanol–water partition coefficient (Wildman–Crippen LogP) is 3.81. The molecule has 2 N–H and O–H groups in total. The minimum atomic E-state index is -0.150. The molecule has 1 aromatic heterocycles. The van der Waals surface area contributed by atoms with Crippen LogP contribution in [0.15, 0.2) is 12.1 Å². The third kappa shape index (κ3) is 2.76. The maximum absolute atomic E-state index is 6.51. The normalized spacial score (nSPS) is 13.6. The summed E-state index contributed by atoms with van der Waals surface area (Å²) in [7, 11) is 0. The minimum Gasteiger partial charge on any atom is -0.319 e. The van der Waals surface area contributed by atoms with Crippen LogP contribution in [0.3, 0.4) is 0 Å². The second-order valence-electron chi connectivity index (χ2n) is 6.51. The average molecular weight is 289 g/mol. The standard InChI is InChI=1S/C16H23N3S/c1-9-7-11(3)12(8-10(9)2)13(17)14-15(16(4,5)6)18-19-20-14/h7-8,13H,17H2,1-6H3. The predicted molar refractivity (Wildman–Crippen MR) is 85.3 cm³/mol. The summed E-state index contributed by atoms with van der Waals surface area (Å²) in [6.45, 7) is 12.8. The molecule has 1 atom stereocenters. The van der Waals surface area contributed by atoms with Crippen molar-refractivity contribution in [3.05, 3.63) is 45.0 Å². The molecule has 0 amide bonds. The highest BCUT2D eigenvalue weighted by atomic mass is 32.1. The molecular weight excluding hydrogens is 266 g/mol. The van der Waals surface area contributed by atoms with Crippen LogP contribution in [0.4, 0.5) is 0 Å². The van der Waals surface area contributed by atoms with Gasteiger partial charge in [-0.05, 0) is 54.6 Å². The zero-order chi connectivity index (χ0) is 15.1. The monoisotopic (exact) mass is 289 g/mol. The van der Waals surface area contributed by atoms with Crippen molar-refractivity contribution in [2.24, 2.45) is 5.73 Å². The number of nitrogens with two attached hydrogens (primary N) is 1. The summed E-state index contributed by atoms with van der Waals surface area (Å²) in [5, 5.41) is 4.29. The molecule has 0 radical (unpaired) electrons. The highest BCUT2D eigenvalue weighted by molar-refractivity contribution is 7.05. The van der Waals surface area contributed by atoms with Crippen molar-refractivity contribution >= 4 is 11.5 Å². The van der Waals surface area contributed by atoms with Gasteiger partial charge in [0, 0.05) is 5.41 Å². The SMILES string of the molecule is Cc1cc(C)c(C(N)c2snnc2C(C)(C)C)cc1C. The summed E-state index contributed by atoms with van der Waals surface area (Å²) >= 11 is 1.41. The summed E-state index contributed by atoms with van der Waals surface area (Å²) in [4.78, 5) is 1.07. The number of benzene rings is 1. The van der Waals surface area contributed by atoms with E-state index in [-0.39, 0.29) is 11.5 Å². The zero-order valence-corrected chi connectivity index (χ0v) is 13.9. The molecule has 3 nitrogen and oxygen atoms in total. The minimum absolute atomic E-state index is 0.0341. The van der Waals surface area contributed by atoms with E-state index in [0.717, 1.165) is 10.6 Å². The number of aryl methyl sites for hydroxylation is 3. The van der Waals surface area contributed by atoms with E-state index in [2.05, 4.69) is 63.3 Å². The second kappa shape index (κ2) is 5.26. The third-order valence-electron chi connectivity index (χ3n) is 3.72. The Balaban J connectivity index is 2.50. The first-order chi connectivity index (χ1) is 9.21. The Morgan fingerprint density at radius 1 is 1.05 bits per heavy atom. The fraction of sp³-hybridized carbons (Fsp3) is 0.500. The van der Waals surface area contributed by atoms with Crippen LogP contribution in [0, 0.1) is 20.8 Å². The molecule has 0 saturated carbocycles. The van der Waals surface area contributed by atoms with E-state index in [9.17, 15) is 0 Å². The van der Waals surface area contributed by atoms with Crippen molar-refractivity contribution in [1.29, 1.82) is 0 Å². The molecule has 0 aliphatic rings. The van der Waals surface area contributed by atoms with Crippen LogP contribution in [0.1, 0.15) is 59.6 Å². The molecule has 20 heavy (non-hydrogen) atoms. The lowest BCUT2D eigenvalue weighted by Crippen LogP contribution is -2.20. The van der Waals surface area contributed by atoms with Crippen LogP contribution in [0.25, 0.3) is 0 Å². The molecule has 1 unspecified atom stereocenters. The molecule has 0 spiro atoms. The largest absolute Gasteiger partial charge is 0.319 e. The Morgan fingerprint density at radius 2 is 1.65 bits per heavy atom. The third-order valence-corrected chi connectivity index (χ3v) is 4.53. The number of rotatable bonds is 2. The maximum Gasteiger partial charge on any atom is 0.0860 e. The van der Waals surface area contributed by atoms with Gasteiger partial charge in [-0.1, -0.05) is 37.4 Å². The number of hydrogen-bond acceptors (Lipinski definition) is 4. The van der Waals surface area contributed by atoms with E-state index in [1.165, 1.54) is 33.8 Å². The lowest BCUT2D eigenvalue weighted by atomic mass is 9.87. The molecule has 0 aliphatic heterocycles. The average Bonchev–Trinajstić information content (AvgIpc) is 2.81. The Labute approximate surface area is 125 Å². The second-order valence-corrected chi connectivity index (χ2v) is 7.29. The van der Waals surface area contributed by atoms with Crippen molar-refractivity contribution in [2.45, 2.75) is 53.0 Å². The van der Waals surface area contributed by atoms with Gasteiger partial charge in [0.05, 0.1) is 16.6 Å². The smallest absolute Gasteiger partial charge is 0.0860 e. The Kier molecular flexibility index (Phi) is 3.98. The van der Waals surface area contributed by atoms with Gasteiger partial charge in [-0.2, -0.15) is 0 Å². The molecule has 2 aromatic rings. The first-order valence-corrected chi connectivity index (χ1v) is 7.65. The van der Waals surface area contributed by atoms with Gasteiger partial charge in [-0.25, -0.2) is 0 Å². The summed E-state index contributed by atoms with van der Waals surface area (Å²) in [5.41, 5.74) is 12.5. The summed E-state index contributed by atoms with van der Waals surface area (Å²) in [6.07, 6.45) is 0. The molecule has 0 aliphatic carbocycles. The molecule has 108 valence electrons. The fourth-order valence-electron chi connectivity index (χ4n) is 2.38. The van der Waals surface area contributed by atoms with Crippen LogP contribution in [-0.4, -0.2) is 9.59 Å². The molecule has 1 heterocycles. The van der Waals surface area contributed by atoms with Gasteiger partial charge < -0.3 is 5.73 Å². The number of nitrogens with zero attached hydrogens (tertiary/aromatic N) is 2. The quantitative estimate of drug-likeness (QED) is 0.914. The van der Waals surface area contributed by atoms with E-state index in [0.29, 0.717) is 0 Å². The van der Waals surface area contributed by atoms with E-state index in [1.807, 2.05) is 0 Å². The van der Waals surface area contributed by atoms with Crippen molar-refractivity contribution in [3.8, 4) is 0 Å². The molecule has 0 bridgehead atoms. The van der Waals surface area contributed by atoms with Crippen LogP contribution in [-0.2, 0) is 5.41 Å². The zero-order valence-electron chi connectivity index (χ0n) is 13.1. The van der Waals surface area contributed by atoms with Crippen molar-refractivity contribution in [3.63, 3.8) is 0 Å². The van der Waals surface area contributed by atoms with Gasteiger partial charge in [0.1, 0.15) is 0 Å². The maximum atomic E-state index is 6.51.